The van der Waals surface area contributed by atoms with Crippen molar-refractivity contribution in [3.05, 3.63) is 249 Å². The number of rotatable bonds is 10. The van der Waals surface area contributed by atoms with E-state index >= 15 is 0 Å². The van der Waals surface area contributed by atoms with Crippen molar-refractivity contribution in [3.8, 4) is 55.6 Å². The first-order valence-corrected chi connectivity index (χ1v) is 31.7. The van der Waals surface area contributed by atoms with Crippen LogP contribution in [-0.4, -0.2) is 0 Å². The minimum absolute atomic E-state index is 0.146. The largest absolute Gasteiger partial charge is 0.456 e. The van der Waals surface area contributed by atoms with Gasteiger partial charge in [-0.3, -0.25) is 0 Å². The molecule has 0 bridgehead atoms. The van der Waals surface area contributed by atoms with Gasteiger partial charge in [-0.2, -0.15) is 0 Å². The summed E-state index contributed by atoms with van der Waals surface area (Å²) in [5.41, 5.74) is 32.4. The average Bonchev–Trinajstić information content (AvgIpc) is 1.57. The highest BCUT2D eigenvalue weighted by molar-refractivity contribution is 6.17. The van der Waals surface area contributed by atoms with Crippen LogP contribution in [0, 0.1) is 23.7 Å². The molecule has 420 valence electrons. The second kappa shape index (κ2) is 18.2. The highest BCUT2D eigenvalue weighted by Gasteiger charge is 2.53. The van der Waals surface area contributed by atoms with Crippen molar-refractivity contribution in [1.29, 1.82) is 0 Å². The van der Waals surface area contributed by atoms with Crippen molar-refractivity contribution < 1.29 is 8.83 Å². The Morgan fingerprint density at radius 1 is 0.341 bits per heavy atom. The lowest BCUT2D eigenvalue weighted by Gasteiger charge is -2.40. The zero-order valence-corrected chi connectivity index (χ0v) is 51.5. The molecule has 0 aliphatic heterocycles. The first kappa shape index (κ1) is 52.4. The Hall–Kier alpha value is -8.20. The summed E-state index contributed by atoms with van der Waals surface area (Å²) >= 11 is 0. The van der Waals surface area contributed by atoms with Gasteiger partial charge < -0.3 is 8.83 Å². The van der Waals surface area contributed by atoms with Gasteiger partial charge in [0.2, 0.25) is 0 Å². The van der Waals surface area contributed by atoms with Gasteiger partial charge in [0.05, 0.1) is 0 Å². The normalized spacial score (nSPS) is 16.4. The van der Waals surface area contributed by atoms with Crippen LogP contribution in [0.5, 0.6) is 0 Å². The van der Waals surface area contributed by atoms with Gasteiger partial charge in [0.25, 0.3) is 0 Å². The van der Waals surface area contributed by atoms with Gasteiger partial charge in [-0.25, -0.2) is 0 Å². The number of benzene rings is 10. The van der Waals surface area contributed by atoms with E-state index in [1.807, 2.05) is 0 Å². The summed E-state index contributed by atoms with van der Waals surface area (Å²) in [5, 5.41) is 4.91. The minimum Gasteiger partial charge on any atom is -0.456 e. The van der Waals surface area contributed by atoms with E-state index in [4.69, 9.17) is 8.83 Å². The number of hydrogen-bond donors (Lipinski definition) is 0. The fraction of sp³-hybridized carbons (Fsp3) is 0.277. The zero-order valence-electron chi connectivity index (χ0n) is 51.5. The Labute approximate surface area is 502 Å². The molecule has 85 heavy (non-hydrogen) atoms. The first-order valence-electron chi connectivity index (χ1n) is 31.7. The van der Waals surface area contributed by atoms with Crippen LogP contribution in [0.25, 0.3) is 99.5 Å². The molecule has 0 saturated heterocycles. The van der Waals surface area contributed by atoms with E-state index in [1.165, 1.54) is 138 Å². The van der Waals surface area contributed by atoms with Crippen LogP contribution in [0.15, 0.2) is 197 Å². The number of fused-ring (bicyclic) bond motifs is 20. The van der Waals surface area contributed by atoms with Crippen molar-refractivity contribution in [2.45, 2.75) is 124 Å². The van der Waals surface area contributed by atoms with Crippen molar-refractivity contribution in [2.75, 3.05) is 0 Å². The quantitative estimate of drug-likeness (QED) is 0.136. The SMILES string of the molecule is CC(C)C1(C(C)C)c2cc3c(cc2-c2c1ccc1oc4ccccc4c21)C(C)(C)c1cc(CCC(c2ccc4c(c2)C(C)(C)c2cc5c(cc2-4)C(C(C)C)(C(C)C)c2ccc4oc6ccccc6c4c2-5)c2ccccc2-c2ccccc2)ccc1-3. The van der Waals surface area contributed by atoms with Crippen LogP contribution in [0.3, 0.4) is 0 Å². The molecule has 12 aromatic rings. The highest BCUT2D eigenvalue weighted by Crippen LogP contribution is 2.65. The molecule has 1 atom stereocenters. The van der Waals surface area contributed by atoms with E-state index in [9.17, 15) is 0 Å². The van der Waals surface area contributed by atoms with Gasteiger partial charge in [-0.1, -0.05) is 223 Å². The fourth-order valence-corrected chi connectivity index (χ4v) is 18.6. The van der Waals surface area contributed by atoms with Crippen LogP contribution in [0.4, 0.5) is 0 Å². The van der Waals surface area contributed by atoms with Gasteiger partial charge in [0, 0.05) is 49.1 Å². The number of aryl methyl sites for hydroxylation is 1. The maximum Gasteiger partial charge on any atom is 0.136 e. The Morgan fingerprint density at radius 2 is 0.788 bits per heavy atom. The van der Waals surface area contributed by atoms with Crippen LogP contribution in [-0.2, 0) is 28.1 Å². The molecule has 4 aliphatic carbocycles. The molecular formula is C83H76O2. The van der Waals surface area contributed by atoms with E-state index in [1.54, 1.807) is 0 Å². The molecular weight excluding hydrogens is 1030 g/mol. The van der Waals surface area contributed by atoms with E-state index in [2.05, 4.69) is 271 Å². The molecule has 10 aromatic carbocycles. The lowest BCUT2D eigenvalue weighted by molar-refractivity contribution is 0.280. The fourth-order valence-electron chi connectivity index (χ4n) is 18.6. The molecule has 2 nitrogen and oxygen atoms in total. The van der Waals surface area contributed by atoms with Crippen LogP contribution < -0.4 is 0 Å². The molecule has 4 aliphatic rings. The van der Waals surface area contributed by atoms with Crippen LogP contribution in [0.1, 0.15) is 157 Å². The third kappa shape index (κ3) is 6.83. The summed E-state index contributed by atoms with van der Waals surface area (Å²) in [6, 6.07) is 72.5. The topological polar surface area (TPSA) is 26.3 Å². The number of para-hydroxylation sites is 2. The van der Waals surface area contributed by atoms with Crippen molar-refractivity contribution in [3.63, 3.8) is 0 Å². The summed E-state index contributed by atoms with van der Waals surface area (Å²) < 4.78 is 13.2. The van der Waals surface area contributed by atoms with Gasteiger partial charge in [-0.05, 0) is 202 Å². The Morgan fingerprint density at radius 3 is 1.32 bits per heavy atom. The van der Waals surface area contributed by atoms with E-state index in [0.717, 1.165) is 35.2 Å². The second-order valence-electron chi connectivity index (χ2n) is 28.1. The van der Waals surface area contributed by atoms with Gasteiger partial charge in [-0.15, -0.1) is 0 Å². The second-order valence-corrected chi connectivity index (χ2v) is 28.1. The standard InChI is InChI=1S/C83H76O2/c1-46(2)82(47(3)4)64-36-38-74-78(58-26-18-20-28-72(58)84-74)76(64)62-44-68-60(42-70(62)82)56-34-31-50(40-66(56)80(68,9)10)30-33-54(55-25-17-16-24-53(55)51-22-14-13-15-23-51)52-32-35-57-61-43-71-63(45-69(61)81(11,12)67(57)41-52)77-65(83(71,48(5)6)49(7)8)37-39-75-79(77)59-27-19-21-29-73(59)85-75/h13-29,31-32,34-49,54H,30,33H2,1-12H3. The molecule has 2 heteroatoms. The smallest absolute Gasteiger partial charge is 0.136 e. The summed E-state index contributed by atoms with van der Waals surface area (Å²) in [6.45, 7) is 29.4. The van der Waals surface area contributed by atoms with Crippen molar-refractivity contribution >= 4 is 43.9 Å². The molecule has 0 saturated carbocycles. The maximum atomic E-state index is 6.62. The van der Waals surface area contributed by atoms with Gasteiger partial charge in [0.15, 0.2) is 0 Å². The summed E-state index contributed by atoms with van der Waals surface area (Å²) in [5.74, 6) is 1.66. The summed E-state index contributed by atoms with van der Waals surface area (Å²) in [7, 11) is 0. The molecule has 2 aromatic heterocycles. The molecule has 0 radical (unpaired) electrons. The first-order chi connectivity index (χ1) is 41.0. The number of furan rings is 2. The van der Waals surface area contributed by atoms with E-state index in [0.29, 0.717) is 23.7 Å². The Balaban J connectivity index is 0.805. The van der Waals surface area contributed by atoms with Crippen LogP contribution >= 0.6 is 0 Å². The van der Waals surface area contributed by atoms with Gasteiger partial charge >= 0.3 is 0 Å². The summed E-state index contributed by atoms with van der Waals surface area (Å²) in [4.78, 5) is 0. The molecule has 0 fully saturated rings. The van der Waals surface area contributed by atoms with Crippen molar-refractivity contribution in [2.24, 2.45) is 23.7 Å². The van der Waals surface area contributed by atoms with E-state index in [-0.39, 0.29) is 27.6 Å². The van der Waals surface area contributed by atoms with Gasteiger partial charge in [0.1, 0.15) is 22.3 Å². The Bertz CT molecular complexity index is 4780. The Kier molecular flexibility index (Phi) is 11.2. The minimum atomic E-state index is -0.238. The lowest BCUT2D eigenvalue weighted by atomic mass is 9.62. The van der Waals surface area contributed by atoms with Crippen LogP contribution in [0.2, 0.25) is 0 Å². The zero-order chi connectivity index (χ0) is 58.4. The molecule has 2 heterocycles. The molecule has 0 amide bonds. The third-order valence-electron chi connectivity index (χ3n) is 22.3. The van der Waals surface area contributed by atoms with Crippen molar-refractivity contribution in [1.82, 2.24) is 0 Å². The maximum absolute atomic E-state index is 6.62. The average molecular weight is 1110 g/mol. The summed E-state index contributed by atoms with van der Waals surface area (Å²) in [6.07, 6.45) is 1.92. The third-order valence-corrected chi connectivity index (χ3v) is 22.3. The predicted octanol–water partition coefficient (Wildman–Crippen LogP) is 22.7. The number of hydrogen-bond acceptors (Lipinski definition) is 2. The molecule has 0 spiro atoms. The highest BCUT2D eigenvalue weighted by atomic mass is 16.3. The lowest BCUT2D eigenvalue weighted by Crippen LogP contribution is -2.37. The predicted molar refractivity (Wildman–Crippen MR) is 356 cm³/mol. The molecule has 16 rings (SSSR count). The van der Waals surface area contributed by atoms with E-state index < -0.39 is 0 Å². The monoisotopic (exact) mass is 1100 g/mol. The molecule has 0 N–H and O–H groups in total. The molecule has 1 unspecified atom stereocenters.